The number of ether oxygens (including phenoxy) is 2. The molecule has 0 atom stereocenters. The van der Waals surface area contributed by atoms with Crippen molar-refractivity contribution >= 4 is 11.9 Å². The van der Waals surface area contributed by atoms with E-state index in [4.69, 9.17) is 9.47 Å². The van der Waals surface area contributed by atoms with Crippen LogP contribution in [0.5, 0.6) is 11.5 Å². The number of hydrogen-bond acceptors (Lipinski definition) is 5. The predicted molar refractivity (Wildman–Crippen MR) is 65.0 cm³/mol. The number of benzene rings is 1. The Bertz CT molecular complexity index is 523. The molecule has 1 aromatic carbocycles. The highest BCUT2D eigenvalue weighted by atomic mass is 16.5. The molecule has 0 fully saturated rings. The van der Waals surface area contributed by atoms with Gasteiger partial charge in [-0.3, -0.25) is 5.43 Å². The number of amidine groups is 1. The molecule has 0 saturated heterocycles. The molecule has 3 rings (SSSR count). The van der Waals surface area contributed by atoms with Crippen molar-refractivity contribution in [2.75, 3.05) is 20.9 Å². The number of hydrazone groups is 1. The normalized spacial score (nSPS) is 15.9. The summed E-state index contributed by atoms with van der Waals surface area (Å²) in [4.78, 5) is 2.05. The standard InChI is InChI=1S/C12H13N3O2/c1-16-10-5-8-3-4-15-7-13-14-12(15)9(8)6-11(10)17-2/h3-6,13H,7H2,1-2H3. The van der Waals surface area contributed by atoms with Gasteiger partial charge in [0.2, 0.25) is 0 Å². The average molecular weight is 231 g/mol. The lowest BCUT2D eigenvalue weighted by Gasteiger charge is -2.21. The number of nitrogens with zero attached hydrogens (tertiary/aromatic N) is 2. The van der Waals surface area contributed by atoms with Gasteiger partial charge in [0.15, 0.2) is 17.3 Å². The van der Waals surface area contributed by atoms with E-state index in [2.05, 4.69) is 10.5 Å². The topological polar surface area (TPSA) is 46.1 Å². The molecular formula is C12H13N3O2. The van der Waals surface area contributed by atoms with Gasteiger partial charge in [0, 0.05) is 11.8 Å². The zero-order valence-electron chi connectivity index (χ0n) is 9.73. The molecule has 0 bridgehead atoms. The summed E-state index contributed by atoms with van der Waals surface area (Å²) < 4.78 is 10.6. The summed E-state index contributed by atoms with van der Waals surface area (Å²) in [7, 11) is 3.27. The number of hydrogen-bond donors (Lipinski definition) is 1. The third kappa shape index (κ3) is 1.43. The first-order chi connectivity index (χ1) is 8.33. The fourth-order valence-corrected chi connectivity index (χ4v) is 2.06. The lowest BCUT2D eigenvalue weighted by atomic mass is 10.0. The Hall–Kier alpha value is -2.17. The van der Waals surface area contributed by atoms with Gasteiger partial charge in [-0.1, -0.05) is 0 Å². The predicted octanol–water partition coefficient (Wildman–Crippen LogP) is 1.21. The minimum Gasteiger partial charge on any atom is -0.493 e. The Morgan fingerprint density at radius 2 is 2.00 bits per heavy atom. The number of rotatable bonds is 2. The van der Waals surface area contributed by atoms with Crippen LogP contribution in [0.3, 0.4) is 0 Å². The van der Waals surface area contributed by atoms with Gasteiger partial charge in [-0.25, -0.2) is 0 Å². The summed E-state index contributed by atoms with van der Waals surface area (Å²) in [5.74, 6) is 2.37. The van der Waals surface area contributed by atoms with Crippen molar-refractivity contribution in [3.63, 3.8) is 0 Å². The molecule has 1 N–H and O–H groups in total. The van der Waals surface area contributed by atoms with Crippen molar-refractivity contribution in [2.45, 2.75) is 0 Å². The molecule has 5 nitrogen and oxygen atoms in total. The fourth-order valence-electron chi connectivity index (χ4n) is 2.06. The summed E-state index contributed by atoms with van der Waals surface area (Å²) in [6, 6.07) is 3.92. The minimum atomic E-state index is 0.708. The molecule has 2 heterocycles. The SMILES string of the molecule is COc1cc2c(cc1OC)C1=NNCN1C=C2. The monoisotopic (exact) mass is 231 g/mol. The second-order valence-corrected chi connectivity index (χ2v) is 3.83. The smallest absolute Gasteiger partial charge is 0.162 e. The number of methoxy groups -OCH3 is 2. The molecule has 17 heavy (non-hydrogen) atoms. The fraction of sp³-hybridized carbons (Fsp3) is 0.250. The minimum absolute atomic E-state index is 0.708. The highest BCUT2D eigenvalue weighted by Gasteiger charge is 2.24. The molecule has 0 radical (unpaired) electrons. The van der Waals surface area contributed by atoms with Gasteiger partial charge in [0.1, 0.15) is 6.67 Å². The van der Waals surface area contributed by atoms with Gasteiger partial charge in [-0.2, -0.15) is 5.10 Å². The first kappa shape index (κ1) is 10.0. The third-order valence-electron chi connectivity index (χ3n) is 2.93. The summed E-state index contributed by atoms with van der Waals surface area (Å²) in [6.45, 7) is 0.708. The van der Waals surface area contributed by atoms with Crippen LogP contribution in [-0.4, -0.2) is 31.6 Å². The van der Waals surface area contributed by atoms with Gasteiger partial charge < -0.3 is 14.4 Å². The molecular weight excluding hydrogens is 218 g/mol. The Morgan fingerprint density at radius 1 is 1.24 bits per heavy atom. The van der Waals surface area contributed by atoms with E-state index in [1.54, 1.807) is 14.2 Å². The van der Waals surface area contributed by atoms with Crippen molar-refractivity contribution < 1.29 is 9.47 Å². The quantitative estimate of drug-likeness (QED) is 0.831. The van der Waals surface area contributed by atoms with Gasteiger partial charge in [0.05, 0.1) is 14.2 Å². The van der Waals surface area contributed by atoms with E-state index in [1.807, 2.05) is 29.3 Å². The van der Waals surface area contributed by atoms with E-state index in [0.717, 1.165) is 28.5 Å². The molecule has 5 heteroatoms. The van der Waals surface area contributed by atoms with E-state index >= 15 is 0 Å². The van der Waals surface area contributed by atoms with Crippen LogP contribution in [0.25, 0.3) is 6.08 Å². The van der Waals surface area contributed by atoms with Crippen molar-refractivity contribution in [1.29, 1.82) is 0 Å². The van der Waals surface area contributed by atoms with E-state index in [-0.39, 0.29) is 0 Å². The van der Waals surface area contributed by atoms with Crippen LogP contribution in [0.15, 0.2) is 23.4 Å². The summed E-state index contributed by atoms with van der Waals surface area (Å²) >= 11 is 0. The van der Waals surface area contributed by atoms with Crippen LogP contribution in [0.4, 0.5) is 0 Å². The maximum atomic E-state index is 5.31. The van der Waals surface area contributed by atoms with Crippen LogP contribution < -0.4 is 14.9 Å². The van der Waals surface area contributed by atoms with Gasteiger partial charge in [-0.05, 0) is 23.8 Å². The van der Waals surface area contributed by atoms with Crippen LogP contribution in [0, 0.1) is 0 Å². The molecule has 1 aromatic rings. The third-order valence-corrected chi connectivity index (χ3v) is 2.93. The lowest BCUT2D eigenvalue weighted by Crippen LogP contribution is -2.27. The molecule has 0 aliphatic carbocycles. The Morgan fingerprint density at radius 3 is 2.76 bits per heavy atom. The lowest BCUT2D eigenvalue weighted by molar-refractivity contribution is 0.354. The molecule has 2 aliphatic heterocycles. The van der Waals surface area contributed by atoms with E-state index in [0.29, 0.717) is 6.67 Å². The molecule has 0 unspecified atom stereocenters. The first-order valence-electron chi connectivity index (χ1n) is 5.35. The molecule has 0 spiro atoms. The maximum Gasteiger partial charge on any atom is 0.162 e. The second-order valence-electron chi connectivity index (χ2n) is 3.83. The highest BCUT2D eigenvalue weighted by Crippen LogP contribution is 2.34. The van der Waals surface area contributed by atoms with Gasteiger partial charge in [-0.15, -0.1) is 0 Å². The molecule has 0 saturated carbocycles. The number of fused-ring (bicyclic) bond motifs is 3. The Kier molecular flexibility index (Phi) is 2.18. The van der Waals surface area contributed by atoms with Crippen LogP contribution in [0.1, 0.15) is 11.1 Å². The Labute approximate surface area is 99.3 Å². The van der Waals surface area contributed by atoms with Crippen LogP contribution in [-0.2, 0) is 0 Å². The second kappa shape index (κ2) is 3.69. The molecule has 0 amide bonds. The van der Waals surface area contributed by atoms with Crippen molar-refractivity contribution in [2.24, 2.45) is 5.10 Å². The summed E-state index contributed by atoms with van der Waals surface area (Å²) in [5, 5.41) is 4.27. The zero-order chi connectivity index (χ0) is 11.8. The van der Waals surface area contributed by atoms with Crippen molar-refractivity contribution in [3.8, 4) is 11.5 Å². The molecule has 0 aromatic heterocycles. The maximum absolute atomic E-state index is 5.31. The van der Waals surface area contributed by atoms with Crippen molar-refractivity contribution in [3.05, 3.63) is 29.5 Å². The zero-order valence-corrected chi connectivity index (χ0v) is 9.73. The van der Waals surface area contributed by atoms with Crippen LogP contribution in [0.2, 0.25) is 0 Å². The molecule has 2 aliphatic rings. The first-order valence-corrected chi connectivity index (χ1v) is 5.35. The Balaban J connectivity index is 2.17. The highest BCUT2D eigenvalue weighted by molar-refractivity contribution is 6.05. The average Bonchev–Trinajstić information content (AvgIpc) is 2.85. The molecule has 88 valence electrons. The van der Waals surface area contributed by atoms with E-state index in [1.165, 1.54) is 0 Å². The van der Waals surface area contributed by atoms with E-state index < -0.39 is 0 Å². The van der Waals surface area contributed by atoms with Crippen molar-refractivity contribution in [1.82, 2.24) is 10.3 Å². The van der Waals surface area contributed by atoms with E-state index in [9.17, 15) is 0 Å². The van der Waals surface area contributed by atoms with Gasteiger partial charge >= 0.3 is 0 Å². The van der Waals surface area contributed by atoms with Crippen LogP contribution >= 0.6 is 0 Å². The summed E-state index contributed by atoms with van der Waals surface area (Å²) in [6.07, 6.45) is 4.05. The largest absolute Gasteiger partial charge is 0.493 e. The summed E-state index contributed by atoms with van der Waals surface area (Å²) in [5.41, 5.74) is 5.10. The van der Waals surface area contributed by atoms with Gasteiger partial charge in [0.25, 0.3) is 0 Å². The number of nitrogens with one attached hydrogen (secondary N) is 1.